The van der Waals surface area contributed by atoms with Gasteiger partial charge in [0, 0.05) is 11.3 Å². The van der Waals surface area contributed by atoms with Gasteiger partial charge < -0.3 is 9.73 Å². The highest BCUT2D eigenvalue weighted by molar-refractivity contribution is 5.92. The van der Waals surface area contributed by atoms with E-state index in [4.69, 9.17) is 4.42 Å². The highest BCUT2D eigenvalue weighted by Gasteiger charge is 2.09. The van der Waals surface area contributed by atoms with Crippen molar-refractivity contribution < 1.29 is 9.21 Å². The Morgan fingerprint density at radius 2 is 1.77 bits per heavy atom. The summed E-state index contributed by atoms with van der Waals surface area (Å²) in [6, 6.07) is 22.6. The number of hydrogen-bond donors (Lipinski definition) is 1. The van der Waals surface area contributed by atoms with Crippen LogP contribution in [0.4, 0.5) is 5.69 Å². The summed E-state index contributed by atoms with van der Waals surface area (Å²) in [6.07, 6.45) is 1.79. The Hall–Kier alpha value is -4.33. The van der Waals surface area contributed by atoms with Crippen LogP contribution in [0.25, 0.3) is 28.2 Å². The molecule has 0 aliphatic heterocycles. The van der Waals surface area contributed by atoms with Crippen LogP contribution in [-0.4, -0.2) is 31.1 Å². The van der Waals surface area contributed by atoms with Crippen LogP contribution in [0.1, 0.15) is 5.56 Å². The summed E-state index contributed by atoms with van der Waals surface area (Å²) in [5.41, 5.74) is 4.85. The van der Waals surface area contributed by atoms with E-state index in [1.54, 1.807) is 4.68 Å². The first-order valence-corrected chi connectivity index (χ1v) is 9.33. The number of amides is 1. The number of nitrogens with zero attached hydrogens (tertiary/aromatic N) is 5. The molecule has 0 atom stereocenters. The maximum absolute atomic E-state index is 12.4. The lowest BCUT2D eigenvalue weighted by molar-refractivity contribution is -0.115. The number of fused-ring (bicyclic) bond motifs is 1. The summed E-state index contributed by atoms with van der Waals surface area (Å²) in [5.74, 6) is 0.455. The Morgan fingerprint density at radius 3 is 2.50 bits per heavy atom. The number of tetrazole rings is 1. The standard InChI is InChI=1S/C22H16N6O2/c29-21(13-15-5-11-18(12-6-15)28-14-23-26-27-28)24-17-9-7-16(8-10-17)22-25-19-3-1-2-4-20(19)30-22/h1-12,14H,13H2,(H,24,29). The predicted molar refractivity (Wildman–Crippen MR) is 111 cm³/mol. The summed E-state index contributed by atoms with van der Waals surface area (Å²) in [4.78, 5) is 16.9. The van der Waals surface area contributed by atoms with Crippen molar-refractivity contribution >= 4 is 22.7 Å². The van der Waals surface area contributed by atoms with Crippen LogP contribution in [-0.2, 0) is 11.2 Å². The Bertz CT molecular complexity index is 1260. The van der Waals surface area contributed by atoms with Gasteiger partial charge in [0.05, 0.1) is 12.1 Å². The van der Waals surface area contributed by atoms with Gasteiger partial charge in [0.2, 0.25) is 11.8 Å². The molecule has 1 N–H and O–H groups in total. The van der Waals surface area contributed by atoms with Crippen molar-refractivity contribution in [2.24, 2.45) is 0 Å². The van der Waals surface area contributed by atoms with Gasteiger partial charge in [-0.1, -0.05) is 24.3 Å². The van der Waals surface area contributed by atoms with Crippen molar-refractivity contribution in [3.63, 3.8) is 0 Å². The van der Waals surface area contributed by atoms with Gasteiger partial charge in [-0.05, 0) is 64.5 Å². The Morgan fingerprint density at radius 1 is 0.967 bits per heavy atom. The van der Waals surface area contributed by atoms with Crippen LogP contribution in [0.15, 0.2) is 83.5 Å². The summed E-state index contributed by atoms with van der Waals surface area (Å²) in [6.45, 7) is 0. The number of anilines is 1. The third kappa shape index (κ3) is 3.66. The molecule has 0 aliphatic carbocycles. The zero-order valence-corrected chi connectivity index (χ0v) is 15.8. The van der Waals surface area contributed by atoms with Crippen LogP contribution in [0, 0.1) is 0 Å². The minimum absolute atomic E-state index is 0.0974. The molecule has 0 radical (unpaired) electrons. The van der Waals surface area contributed by atoms with Crippen LogP contribution in [0.5, 0.6) is 0 Å². The van der Waals surface area contributed by atoms with E-state index >= 15 is 0 Å². The number of benzene rings is 3. The van der Waals surface area contributed by atoms with Crippen LogP contribution >= 0.6 is 0 Å². The topological polar surface area (TPSA) is 98.7 Å². The maximum atomic E-state index is 12.4. The van der Waals surface area contributed by atoms with Gasteiger partial charge >= 0.3 is 0 Å². The van der Waals surface area contributed by atoms with Crippen molar-refractivity contribution in [1.82, 2.24) is 25.2 Å². The molecule has 0 saturated heterocycles. The number of carbonyl (C=O) groups is 1. The second kappa shape index (κ2) is 7.59. The quantitative estimate of drug-likeness (QED) is 0.487. The van der Waals surface area contributed by atoms with Gasteiger partial charge in [0.15, 0.2) is 5.58 Å². The van der Waals surface area contributed by atoms with Gasteiger partial charge in [-0.3, -0.25) is 4.79 Å². The van der Waals surface area contributed by atoms with E-state index in [9.17, 15) is 4.79 Å². The van der Waals surface area contributed by atoms with E-state index in [1.165, 1.54) is 6.33 Å². The fourth-order valence-corrected chi connectivity index (χ4v) is 3.13. The van der Waals surface area contributed by atoms with Gasteiger partial charge in [0.1, 0.15) is 11.8 Å². The molecular weight excluding hydrogens is 380 g/mol. The highest BCUT2D eigenvalue weighted by atomic mass is 16.3. The molecule has 1 amide bonds. The zero-order valence-electron chi connectivity index (χ0n) is 15.8. The molecule has 8 heteroatoms. The lowest BCUT2D eigenvalue weighted by Crippen LogP contribution is -2.14. The molecule has 146 valence electrons. The molecule has 3 aromatic carbocycles. The van der Waals surface area contributed by atoms with Crippen molar-refractivity contribution in [1.29, 1.82) is 0 Å². The normalized spacial score (nSPS) is 10.9. The van der Waals surface area contributed by atoms with Crippen molar-refractivity contribution in [3.8, 4) is 17.1 Å². The summed E-state index contributed by atoms with van der Waals surface area (Å²) in [5, 5.41) is 14.0. The summed E-state index contributed by atoms with van der Waals surface area (Å²) in [7, 11) is 0. The van der Waals surface area contributed by atoms with Crippen molar-refractivity contribution in [2.75, 3.05) is 5.32 Å². The first kappa shape index (κ1) is 17.7. The van der Waals surface area contributed by atoms with Crippen LogP contribution in [0.2, 0.25) is 0 Å². The second-order valence-corrected chi connectivity index (χ2v) is 6.71. The van der Waals surface area contributed by atoms with Crippen LogP contribution < -0.4 is 5.32 Å². The SMILES string of the molecule is O=C(Cc1ccc(-n2cnnn2)cc1)Nc1ccc(-c2nc3ccccc3o2)cc1. The first-order chi connectivity index (χ1) is 14.7. The van der Waals surface area contributed by atoms with Crippen molar-refractivity contribution in [2.45, 2.75) is 6.42 Å². The Kier molecular flexibility index (Phi) is 4.49. The average molecular weight is 396 g/mol. The number of nitrogens with one attached hydrogen (secondary N) is 1. The fourth-order valence-electron chi connectivity index (χ4n) is 3.13. The summed E-state index contributed by atoms with van der Waals surface area (Å²) >= 11 is 0. The maximum Gasteiger partial charge on any atom is 0.228 e. The molecule has 2 heterocycles. The smallest absolute Gasteiger partial charge is 0.228 e. The van der Waals surface area contributed by atoms with Gasteiger partial charge in [-0.15, -0.1) is 5.10 Å². The highest BCUT2D eigenvalue weighted by Crippen LogP contribution is 2.25. The molecule has 2 aromatic heterocycles. The Labute approximate surface area is 171 Å². The largest absolute Gasteiger partial charge is 0.436 e. The Balaban J connectivity index is 1.24. The molecule has 0 unspecified atom stereocenters. The van der Waals surface area contributed by atoms with E-state index in [0.29, 0.717) is 11.6 Å². The molecule has 0 aliphatic rings. The van der Waals surface area contributed by atoms with Gasteiger partial charge in [-0.25, -0.2) is 9.67 Å². The molecule has 30 heavy (non-hydrogen) atoms. The number of aromatic nitrogens is 5. The zero-order chi connectivity index (χ0) is 20.3. The number of hydrogen-bond acceptors (Lipinski definition) is 6. The lowest BCUT2D eigenvalue weighted by Gasteiger charge is -2.07. The number of rotatable bonds is 5. The number of oxazole rings is 1. The first-order valence-electron chi connectivity index (χ1n) is 9.33. The molecule has 0 bridgehead atoms. The molecule has 0 spiro atoms. The molecule has 8 nitrogen and oxygen atoms in total. The second-order valence-electron chi connectivity index (χ2n) is 6.71. The summed E-state index contributed by atoms with van der Waals surface area (Å²) < 4.78 is 7.34. The van der Waals surface area contributed by atoms with Crippen molar-refractivity contribution in [3.05, 3.63) is 84.7 Å². The number of para-hydroxylation sites is 2. The minimum Gasteiger partial charge on any atom is -0.436 e. The van der Waals surface area contributed by atoms with E-state index < -0.39 is 0 Å². The average Bonchev–Trinajstić information content (AvgIpc) is 3.45. The third-order valence-corrected chi connectivity index (χ3v) is 4.62. The monoisotopic (exact) mass is 396 g/mol. The molecule has 5 rings (SSSR count). The lowest BCUT2D eigenvalue weighted by atomic mass is 10.1. The molecule has 0 saturated carbocycles. The predicted octanol–water partition coefficient (Wildman–Crippen LogP) is 3.65. The molecular formula is C22H16N6O2. The third-order valence-electron chi connectivity index (χ3n) is 4.62. The molecule has 5 aromatic rings. The van der Waals surface area contributed by atoms with Gasteiger partial charge in [0.25, 0.3) is 0 Å². The van der Waals surface area contributed by atoms with E-state index in [-0.39, 0.29) is 12.3 Å². The minimum atomic E-state index is -0.0974. The fraction of sp³-hybridized carbons (Fsp3) is 0.0455. The van der Waals surface area contributed by atoms with E-state index in [0.717, 1.165) is 27.9 Å². The van der Waals surface area contributed by atoms with Gasteiger partial charge in [-0.2, -0.15) is 0 Å². The number of carbonyl (C=O) groups excluding carboxylic acids is 1. The van der Waals surface area contributed by atoms with E-state index in [1.807, 2.05) is 72.8 Å². The molecule has 0 fully saturated rings. The van der Waals surface area contributed by atoms with Crippen LogP contribution in [0.3, 0.4) is 0 Å². The van der Waals surface area contributed by atoms with E-state index in [2.05, 4.69) is 25.8 Å².